The van der Waals surface area contributed by atoms with Crippen molar-refractivity contribution in [3.05, 3.63) is 119 Å². The predicted octanol–water partition coefficient (Wildman–Crippen LogP) is 7.95. The molecule has 6 nitrogen and oxygen atoms in total. The molecule has 0 bridgehead atoms. The summed E-state index contributed by atoms with van der Waals surface area (Å²) in [7, 11) is 0. The Balaban J connectivity index is 1.88. The summed E-state index contributed by atoms with van der Waals surface area (Å²) in [4.78, 5) is 22.3. The Hall–Kier alpha value is -4.73. The van der Waals surface area contributed by atoms with E-state index in [1.54, 1.807) is 24.4 Å². The van der Waals surface area contributed by atoms with Crippen LogP contribution in [0, 0.1) is 25.2 Å². The van der Waals surface area contributed by atoms with Crippen molar-refractivity contribution < 1.29 is 4.79 Å². The second-order valence-electron chi connectivity index (χ2n) is 8.99. The highest BCUT2D eigenvalue weighted by molar-refractivity contribution is 6.38. The van der Waals surface area contributed by atoms with Crippen LogP contribution in [-0.2, 0) is 0 Å². The number of hydrogen-bond donors (Lipinski definition) is 2. The van der Waals surface area contributed by atoms with Crippen LogP contribution in [0.4, 0.5) is 11.4 Å². The van der Waals surface area contributed by atoms with Crippen LogP contribution in [0.2, 0.25) is 5.02 Å². The number of pyridine rings is 2. The average Bonchev–Trinajstić information content (AvgIpc) is 2.94. The van der Waals surface area contributed by atoms with E-state index in [0.717, 1.165) is 39.7 Å². The number of halogens is 1. The van der Waals surface area contributed by atoms with Crippen molar-refractivity contribution in [3.8, 4) is 17.2 Å². The molecule has 4 rings (SSSR count). The molecule has 2 N–H and O–H groups in total. The zero-order valence-corrected chi connectivity index (χ0v) is 22.8. The molecule has 1 amide bonds. The summed E-state index contributed by atoms with van der Waals surface area (Å²) in [6.45, 7) is 9.77. The summed E-state index contributed by atoms with van der Waals surface area (Å²) in [6, 6.07) is 17.4. The van der Waals surface area contributed by atoms with E-state index in [1.807, 2.05) is 81.5 Å². The molecule has 0 saturated heterocycles. The van der Waals surface area contributed by atoms with Crippen LogP contribution in [0.3, 0.4) is 0 Å². The maximum absolute atomic E-state index is 13.4. The number of nitrogens with zero attached hydrogens (tertiary/aromatic N) is 3. The number of aromatic nitrogens is 2. The molecule has 0 fully saturated rings. The van der Waals surface area contributed by atoms with Crippen LogP contribution in [0.15, 0.2) is 91.3 Å². The molecule has 0 saturated carbocycles. The normalized spacial score (nSPS) is 11.4. The molecule has 2 heterocycles. The number of anilines is 2. The standard InChI is InChI=1S/C32H28ClN5O/c1-5-7-9-24(8-6-2)36-32(39)31-29(33)30(38-28-16-20(3)10-11-21(28)4)26-17-22(13-15-27(26)37-31)23-12-14-25(18-34)35-19-23/h6-17,19H,2,5H2,1,3-4H3,(H,36,39)(H,37,38)/b9-7-,24-8+. The molecule has 4 aromatic rings. The van der Waals surface area contributed by atoms with Crippen molar-refractivity contribution in [2.24, 2.45) is 0 Å². The maximum atomic E-state index is 13.4. The third kappa shape index (κ3) is 6.23. The maximum Gasteiger partial charge on any atom is 0.275 e. The Kier molecular flexibility index (Phi) is 8.55. The van der Waals surface area contributed by atoms with E-state index in [9.17, 15) is 4.79 Å². The molecule has 194 valence electrons. The first-order valence-corrected chi connectivity index (χ1v) is 12.9. The number of benzene rings is 2. The highest BCUT2D eigenvalue weighted by atomic mass is 35.5. The van der Waals surface area contributed by atoms with Gasteiger partial charge in [0.1, 0.15) is 17.5 Å². The van der Waals surface area contributed by atoms with Crippen LogP contribution in [0.25, 0.3) is 22.0 Å². The van der Waals surface area contributed by atoms with Crippen molar-refractivity contribution in [2.75, 3.05) is 5.32 Å². The number of nitriles is 1. The third-order valence-corrected chi connectivity index (χ3v) is 6.46. The van der Waals surface area contributed by atoms with E-state index in [4.69, 9.17) is 16.9 Å². The largest absolute Gasteiger partial charge is 0.353 e. The number of carbonyl (C=O) groups excluding carboxylic acids is 1. The zero-order chi connectivity index (χ0) is 27.9. The lowest BCUT2D eigenvalue weighted by atomic mass is 10.0. The fourth-order valence-corrected chi connectivity index (χ4v) is 4.31. The van der Waals surface area contributed by atoms with Gasteiger partial charge in [-0.2, -0.15) is 5.26 Å². The lowest BCUT2D eigenvalue weighted by Gasteiger charge is -2.17. The summed E-state index contributed by atoms with van der Waals surface area (Å²) < 4.78 is 0. The fraction of sp³-hybridized carbons (Fsp3) is 0.125. The smallest absolute Gasteiger partial charge is 0.275 e. The van der Waals surface area contributed by atoms with E-state index in [0.29, 0.717) is 22.6 Å². The van der Waals surface area contributed by atoms with E-state index < -0.39 is 5.91 Å². The van der Waals surface area contributed by atoms with Crippen molar-refractivity contribution in [1.29, 1.82) is 5.26 Å². The van der Waals surface area contributed by atoms with Gasteiger partial charge < -0.3 is 10.6 Å². The van der Waals surface area contributed by atoms with E-state index in [2.05, 4.69) is 27.2 Å². The number of nitrogens with one attached hydrogen (secondary N) is 2. The first kappa shape index (κ1) is 27.3. The number of fused-ring (bicyclic) bond motifs is 1. The van der Waals surface area contributed by atoms with Gasteiger partial charge in [-0.3, -0.25) is 4.79 Å². The minimum Gasteiger partial charge on any atom is -0.353 e. The van der Waals surface area contributed by atoms with Gasteiger partial charge in [0.2, 0.25) is 0 Å². The number of hydrogen-bond acceptors (Lipinski definition) is 5. The van der Waals surface area contributed by atoms with Crippen LogP contribution >= 0.6 is 11.6 Å². The van der Waals surface area contributed by atoms with Gasteiger partial charge in [0.05, 0.1) is 16.2 Å². The molecule has 0 aliphatic rings. The van der Waals surface area contributed by atoms with Gasteiger partial charge in [0, 0.05) is 28.5 Å². The summed E-state index contributed by atoms with van der Waals surface area (Å²) >= 11 is 6.94. The molecule has 2 aromatic heterocycles. The minimum absolute atomic E-state index is 0.102. The van der Waals surface area contributed by atoms with Gasteiger partial charge in [0.25, 0.3) is 5.91 Å². The topological polar surface area (TPSA) is 90.7 Å². The van der Waals surface area contributed by atoms with Crippen LogP contribution in [-0.4, -0.2) is 15.9 Å². The zero-order valence-electron chi connectivity index (χ0n) is 22.0. The molecule has 0 unspecified atom stereocenters. The fourth-order valence-electron chi connectivity index (χ4n) is 4.03. The van der Waals surface area contributed by atoms with Gasteiger partial charge in [-0.15, -0.1) is 0 Å². The lowest BCUT2D eigenvalue weighted by molar-refractivity contribution is 0.0963. The summed E-state index contributed by atoms with van der Waals surface area (Å²) in [6.07, 6.45) is 9.57. The Morgan fingerprint density at radius 3 is 2.62 bits per heavy atom. The number of aryl methyl sites for hydroxylation is 2. The monoisotopic (exact) mass is 533 g/mol. The predicted molar refractivity (Wildman–Crippen MR) is 159 cm³/mol. The highest BCUT2D eigenvalue weighted by Gasteiger charge is 2.21. The van der Waals surface area contributed by atoms with Crippen LogP contribution in [0.5, 0.6) is 0 Å². The summed E-state index contributed by atoms with van der Waals surface area (Å²) in [5.41, 5.74) is 6.90. The van der Waals surface area contributed by atoms with Crippen molar-refractivity contribution in [1.82, 2.24) is 15.3 Å². The molecule has 0 radical (unpaired) electrons. The van der Waals surface area contributed by atoms with E-state index in [-0.39, 0.29) is 10.7 Å². The Bertz CT molecular complexity index is 1660. The molecule has 7 heteroatoms. The lowest BCUT2D eigenvalue weighted by Crippen LogP contribution is -2.23. The van der Waals surface area contributed by atoms with Crippen molar-refractivity contribution in [2.45, 2.75) is 27.2 Å². The van der Waals surface area contributed by atoms with Gasteiger partial charge in [-0.25, -0.2) is 9.97 Å². The Morgan fingerprint density at radius 1 is 1.13 bits per heavy atom. The SMILES string of the molecule is C=C/C=C(\C=C/CC)NC(=O)c1nc2ccc(-c3ccc(C#N)nc3)cc2c(Nc2cc(C)ccc2C)c1Cl. The van der Waals surface area contributed by atoms with Crippen LogP contribution < -0.4 is 10.6 Å². The number of allylic oxidation sites excluding steroid dienone is 4. The molecular formula is C32H28ClN5O. The number of rotatable bonds is 8. The van der Waals surface area contributed by atoms with Gasteiger partial charge >= 0.3 is 0 Å². The molecule has 0 aliphatic carbocycles. The first-order valence-electron chi connectivity index (χ1n) is 12.5. The Labute approximate surface area is 233 Å². The van der Waals surface area contributed by atoms with Crippen LogP contribution in [0.1, 0.15) is 40.7 Å². The molecule has 2 aromatic carbocycles. The number of carbonyl (C=O) groups is 1. The minimum atomic E-state index is -0.430. The first-order chi connectivity index (χ1) is 18.8. The molecule has 0 aliphatic heterocycles. The summed E-state index contributed by atoms with van der Waals surface area (Å²) in [5.74, 6) is -0.430. The average molecular weight is 534 g/mol. The highest BCUT2D eigenvalue weighted by Crippen LogP contribution is 2.38. The van der Waals surface area contributed by atoms with Gasteiger partial charge in [-0.1, -0.05) is 55.5 Å². The molecular weight excluding hydrogens is 506 g/mol. The van der Waals surface area contributed by atoms with E-state index >= 15 is 0 Å². The van der Waals surface area contributed by atoms with Gasteiger partial charge in [-0.05, 0) is 79.4 Å². The second kappa shape index (κ2) is 12.2. The van der Waals surface area contributed by atoms with Crippen molar-refractivity contribution in [3.63, 3.8) is 0 Å². The summed E-state index contributed by atoms with van der Waals surface area (Å²) in [5, 5.41) is 16.4. The third-order valence-electron chi connectivity index (χ3n) is 6.09. The second-order valence-corrected chi connectivity index (χ2v) is 9.37. The Morgan fingerprint density at radius 2 is 1.92 bits per heavy atom. The molecule has 39 heavy (non-hydrogen) atoms. The molecule has 0 spiro atoms. The van der Waals surface area contributed by atoms with Gasteiger partial charge in [0.15, 0.2) is 0 Å². The number of amides is 1. The van der Waals surface area contributed by atoms with Crippen molar-refractivity contribution >= 4 is 39.8 Å². The quantitative estimate of drug-likeness (QED) is 0.224. The van der Waals surface area contributed by atoms with E-state index in [1.165, 1.54) is 0 Å². The molecule has 0 atom stereocenters.